The number of nitrogens with one attached hydrogen (secondary N) is 2. The van der Waals surface area contributed by atoms with Crippen LogP contribution >= 0.6 is 0 Å². The van der Waals surface area contributed by atoms with E-state index < -0.39 is 6.10 Å². The van der Waals surface area contributed by atoms with Gasteiger partial charge in [0, 0.05) is 23.2 Å². The van der Waals surface area contributed by atoms with Crippen LogP contribution in [0.5, 0.6) is 0 Å². The van der Waals surface area contributed by atoms with Crippen molar-refractivity contribution in [2.45, 2.75) is 53.6 Å². The molecule has 5 heteroatoms. The van der Waals surface area contributed by atoms with Gasteiger partial charge in [-0.05, 0) is 27.2 Å². The highest BCUT2D eigenvalue weighted by Crippen LogP contribution is 2.24. The number of H-pyrrole nitrogens is 1. The summed E-state index contributed by atoms with van der Waals surface area (Å²) < 4.78 is 0. The first-order valence-electron chi connectivity index (χ1n) is 6.75. The predicted octanol–water partition coefficient (Wildman–Crippen LogP) is 1.48. The summed E-state index contributed by atoms with van der Waals surface area (Å²) in [5.41, 5.74) is 2.46. The summed E-state index contributed by atoms with van der Waals surface area (Å²) in [4.78, 5) is 12.0. The van der Waals surface area contributed by atoms with Gasteiger partial charge in [0.1, 0.15) is 0 Å². The van der Waals surface area contributed by atoms with Gasteiger partial charge in [0.25, 0.3) is 0 Å². The number of aromatic amines is 1. The maximum atomic E-state index is 12.0. The largest absolute Gasteiger partial charge is 0.393 e. The standard InChI is InChI=1S/C14H25N3O2/c1-6-14(5,11(4)18)8-15-13(19)7-12-9(2)16-17-10(12)3/h11,18H,6-8H2,1-5H3,(H,15,19)(H,16,17). The summed E-state index contributed by atoms with van der Waals surface area (Å²) in [6.07, 6.45) is 0.692. The molecule has 2 unspecified atom stereocenters. The summed E-state index contributed by atoms with van der Waals surface area (Å²) in [5, 5.41) is 19.6. The summed E-state index contributed by atoms with van der Waals surface area (Å²) in [6.45, 7) is 10.0. The van der Waals surface area contributed by atoms with Gasteiger partial charge in [-0.3, -0.25) is 9.89 Å². The number of carbonyl (C=O) groups is 1. The number of aryl methyl sites for hydroxylation is 2. The highest BCUT2D eigenvalue weighted by molar-refractivity contribution is 5.79. The number of aromatic nitrogens is 2. The van der Waals surface area contributed by atoms with Gasteiger partial charge in [-0.25, -0.2) is 0 Å². The Kier molecular flexibility index (Phi) is 5.11. The zero-order valence-electron chi connectivity index (χ0n) is 12.5. The number of amides is 1. The van der Waals surface area contributed by atoms with Gasteiger partial charge < -0.3 is 10.4 Å². The first-order chi connectivity index (χ1) is 8.80. The highest BCUT2D eigenvalue weighted by atomic mass is 16.3. The molecule has 1 aromatic heterocycles. The molecule has 108 valence electrons. The number of rotatable bonds is 6. The molecule has 0 saturated carbocycles. The molecular formula is C14H25N3O2. The van der Waals surface area contributed by atoms with E-state index in [4.69, 9.17) is 0 Å². The minimum absolute atomic E-state index is 0.0343. The van der Waals surface area contributed by atoms with Crippen molar-refractivity contribution in [1.82, 2.24) is 15.5 Å². The molecular weight excluding hydrogens is 242 g/mol. The van der Waals surface area contributed by atoms with Crippen LogP contribution in [0, 0.1) is 19.3 Å². The monoisotopic (exact) mass is 267 g/mol. The van der Waals surface area contributed by atoms with Crippen molar-refractivity contribution in [2.75, 3.05) is 6.54 Å². The molecule has 2 atom stereocenters. The van der Waals surface area contributed by atoms with Crippen molar-refractivity contribution in [2.24, 2.45) is 5.41 Å². The van der Waals surface area contributed by atoms with E-state index in [1.54, 1.807) is 6.92 Å². The SMILES string of the molecule is CCC(C)(CNC(=O)Cc1c(C)n[nH]c1C)C(C)O. The van der Waals surface area contributed by atoms with Gasteiger partial charge in [0.05, 0.1) is 18.2 Å². The van der Waals surface area contributed by atoms with Crippen LogP contribution in [-0.4, -0.2) is 33.9 Å². The fraction of sp³-hybridized carbons (Fsp3) is 0.714. The molecule has 0 fully saturated rings. The molecule has 1 amide bonds. The number of aliphatic hydroxyl groups excluding tert-OH is 1. The lowest BCUT2D eigenvalue weighted by Gasteiger charge is -2.31. The zero-order chi connectivity index (χ0) is 14.6. The Morgan fingerprint density at radius 3 is 2.58 bits per heavy atom. The van der Waals surface area contributed by atoms with E-state index in [-0.39, 0.29) is 11.3 Å². The van der Waals surface area contributed by atoms with Crippen LogP contribution in [0.2, 0.25) is 0 Å². The van der Waals surface area contributed by atoms with Crippen LogP contribution in [0.1, 0.15) is 44.1 Å². The fourth-order valence-electron chi connectivity index (χ4n) is 1.93. The van der Waals surface area contributed by atoms with Crippen molar-refractivity contribution in [1.29, 1.82) is 0 Å². The molecule has 0 bridgehead atoms. The molecule has 0 aromatic carbocycles. The van der Waals surface area contributed by atoms with Crippen molar-refractivity contribution >= 4 is 5.91 Å². The van der Waals surface area contributed by atoms with E-state index in [2.05, 4.69) is 15.5 Å². The molecule has 0 spiro atoms. The molecule has 1 aromatic rings. The molecule has 0 radical (unpaired) electrons. The molecule has 19 heavy (non-hydrogen) atoms. The fourth-order valence-corrected chi connectivity index (χ4v) is 1.93. The molecule has 3 N–H and O–H groups in total. The lowest BCUT2D eigenvalue weighted by molar-refractivity contribution is -0.121. The Morgan fingerprint density at radius 2 is 2.16 bits per heavy atom. The minimum Gasteiger partial charge on any atom is -0.393 e. The van der Waals surface area contributed by atoms with E-state index >= 15 is 0 Å². The number of aliphatic hydroxyl groups is 1. The lowest BCUT2D eigenvalue weighted by atomic mass is 9.82. The van der Waals surface area contributed by atoms with E-state index in [0.29, 0.717) is 13.0 Å². The van der Waals surface area contributed by atoms with Gasteiger partial charge >= 0.3 is 0 Å². The predicted molar refractivity (Wildman–Crippen MR) is 74.9 cm³/mol. The molecule has 0 aliphatic heterocycles. The quantitative estimate of drug-likeness (QED) is 0.730. The van der Waals surface area contributed by atoms with E-state index in [0.717, 1.165) is 23.4 Å². The Morgan fingerprint density at radius 1 is 1.53 bits per heavy atom. The van der Waals surface area contributed by atoms with Crippen LogP contribution in [0.15, 0.2) is 0 Å². The number of carbonyl (C=O) groups excluding carboxylic acids is 1. The van der Waals surface area contributed by atoms with Crippen LogP contribution in [0.4, 0.5) is 0 Å². The summed E-state index contributed by atoms with van der Waals surface area (Å²) in [7, 11) is 0. The van der Waals surface area contributed by atoms with Gasteiger partial charge in [-0.2, -0.15) is 5.10 Å². The number of nitrogens with zero attached hydrogens (tertiary/aromatic N) is 1. The van der Waals surface area contributed by atoms with Crippen LogP contribution in [-0.2, 0) is 11.2 Å². The Balaban J connectivity index is 2.58. The average Bonchev–Trinajstić information content (AvgIpc) is 2.67. The second-order valence-corrected chi connectivity index (χ2v) is 5.55. The molecule has 0 saturated heterocycles. The van der Waals surface area contributed by atoms with Gasteiger partial charge in [0.2, 0.25) is 5.91 Å². The second kappa shape index (κ2) is 6.19. The van der Waals surface area contributed by atoms with Crippen molar-refractivity contribution in [3.8, 4) is 0 Å². The third-order valence-electron chi connectivity index (χ3n) is 4.12. The molecule has 0 aliphatic rings. The Hall–Kier alpha value is -1.36. The van der Waals surface area contributed by atoms with E-state index in [1.807, 2.05) is 27.7 Å². The number of hydrogen-bond donors (Lipinski definition) is 3. The zero-order valence-corrected chi connectivity index (χ0v) is 12.5. The smallest absolute Gasteiger partial charge is 0.224 e. The van der Waals surface area contributed by atoms with E-state index in [1.165, 1.54) is 0 Å². The Labute approximate surface area is 114 Å². The second-order valence-electron chi connectivity index (χ2n) is 5.55. The van der Waals surface area contributed by atoms with Crippen molar-refractivity contribution in [3.63, 3.8) is 0 Å². The maximum absolute atomic E-state index is 12.0. The summed E-state index contributed by atoms with van der Waals surface area (Å²) >= 11 is 0. The summed E-state index contributed by atoms with van der Waals surface area (Å²) in [5.74, 6) is -0.0343. The molecule has 0 aliphatic carbocycles. The van der Waals surface area contributed by atoms with Gasteiger partial charge in [-0.1, -0.05) is 13.8 Å². The normalized spacial score (nSPS) is 15.9. The minimum atomic E-state index is -0.449. The topological polar surface area (TPSA) is 78.0 Å². The first-order valence-corrected chi connectivity index (χ1v) is 6.75. The number of hydrogen-bond acceptors (Lipinski definition) is 3. The van der Waals surface area contributed by atoms with Crippen LogP contribution in [0.25, 0.3) is 0 Å². The highest BCUT2D eigenvalue weighted by Gasteiger charge is 2.28. The molecule has 1 heterocycles. The van der Waals surface area contributed by atoms with Crippen LogP contribution < -0.4 is 5.32 Å². The summed E-state index contributed by atoms with van der Waals surface area (Å²) in [6, 6.07) is 0. The molecule has 1 rings (SSSR count). The van der Waals surface area contributed by atoms with Crippen molar-refractivity contribution < 1.29 is 9.90 Å². The maximum Gasteiger partial charge on any atom is 0.224 e. The van der Waals surface area contributed by atoms with Crippen molar-refractivity contribution in [3.05, 3.63) is 17.0 Å². The third-order valence-corrected chi connectivity index (χ3v) is 4.12. The first kappa shape index (κ1) is 15.7. The van der Waals surface area contributed by atoms with Gasteiger partial charge in [-0.15, -0.1) is 0 Å². The lowest BCUT2D eigenvalue weighted by Crippen LogP contribution is -2.42. The third kappa shape index (κ3) is 3.80. The van der Waals surface area contributed by atoms with Crippen LogP contribution in [0.3, 0.4) is 0 Å². The van der Waals surface area contributed by atoms with E-state index in [9.17, 15) is 9.90 Å². The molecule has 5 nitrogen and oxygen atoms in total. The Bertz CT molecular complexity index is 420. The van der Waals surface area contributed by atoms with Gasteiger partial charge in [0.15, 0.2) is 0 Å². The average molecular weight is 267 g/mol.